The van der Waals surface area contributed by atoms with Gasteiger partial charge in [0.05, 0.1) is 0 Å². The summed E-state index contributed by atoms with van der Waals surface area (Å²) in [5, 5.41) is 7.99. The smallest absolute Gasteiger partial charge is 0.0253 e. The van der Waals surface area contributed by atoms with Gasteiger partial charge in [-0.1, -0.05) is 0 Å². The zero-order valence-corrected chi connectivity index (χ0v) is 10.6. The minimum atomic E-state index is 0.253. The Morgan fingerprint density at radius 1 is 1.60 bits per heavy atom. The van der Waals surface area contributed by atoms with Gasteiger partial charge in [0.2, 0.25) is 0 Å². The summed E-state index contributed by atoms with van der Waals surface area (Å²) in [5.41, 5.74) is 1.70. The predicted octanol–water partition coefficient (Wildman–Crippen LogP) is 2.32. The Morgan fingerprint density at radius 2 is 2.40 bits per heavy atom. The van der Waals surface area contributed by atoms with Gasteiger partial charge in [-0.2, -0.15) is 11.3 Å². The molecule has 1 unspecified atom stereocenters. The van der Waals surface area contributed by atoms with E-state index in [1.807, 2.05) is 0 Å². The van der Waals surface area contributed by atoms with Crippen molar-refractivity contribution in [2.24, 2.45) is 0 Å². The molecule has 1 aromatic rings. The average molecular weight is 224 g/mol. The molecular weight excluding hydrogens is 204 g/mol. The molecule has 1 aliphatic heterocycles. The van der Waals surface area contributed by atoms with Crippen LogP contribution in [-0.2, 0) is 6.54 Å². The third-order valence-electron chi connectivity index (χ3n) is 3.06. The van der Waals surface area contributed by atoms with Gasteiger partial charge < -0.3 is 5.32 Å². The van der Waals surface area contributed by atoms with E-state index in [0.717, 1.165) is 19.6 Å². The fourth-order valence-corrected chi connectivity index (χ4v) is 2.76. The molecule has 2 heterocycles. The van der Waals surface area contributed by atoms with Crippen molar-refractivity contribution >= 4 is 11.3 Å². The topological polar surface area (TPSA) is 15.3 Å². The molecule has 1 N–H and O–H groups in total. The highest BCUT2D eigenvalue weighted by Crippen LogP contribution is 2.18. The van der Waals surface area contributed by atoms with Gasteiger partial charge in [0.15, 0.2) is 0 Å². The Kier molecular flexibility index (Phi) is 3.14. The van der Waals surface area contributed by atoms with E-state index in [4.69, 9.17) is 0 Å². The minimum absolute atomic E-state index is 0.253. The van der Waals surface area contributed by atoms with Crippen LogP contribution in [0.25, 0.3) is 0 Å². The lowest BCUT2D eigenvalue weighted by Gasteiger charge is -2.43. The molecule has 0 spiro atoms. The minimum Gasteiger partial charge on any atom is -0.309 e. The lowest BCUT2D eigenvalue weighted by Crippen LogP contribution is -2.60. The van der Waals surface area contributed by atoms with Crippen LogP contribution in [0.15, 0.2) is 16.8 Å². The fraction of sp³-hybridized carbons (Fsp3) is 0.667. The molecule has 0 bridgehead atoms. The van der Waals surface area contributed by atoms with Gasteiger partial charge in [0.1, 0.15) is 0 Å². The van der Waals surface area contributed by atoms with Crippen molar-refractivity contribution in [1.82, 2.24) is 10.2 Å². The van der Waals surface area contributed by atoms with Crippen LogP contribution in [0.1, 0.15) is 26.3 Å². The molecule has 3 heteroatoms. The molecule has 0 saturated carbocycles. The van der Waals surface area contributed by atoms with E-state index in [-0.39, 0.29) is 5.54 Å². The first-order valence-electron chi connectivity index (χ1n) is 5.57. The van der Waals surface area contributed by atoms with Crippen LogP contribution < -0.4 is 5.32 Å². The van der Waals surface area contributed by atoms with Crippen LogP contribution in [0.5, 0.6) is 0 Å². The summed E-state index contributed by atoms with van der Waals surface area (Å²) in [7, 11) is 0. The van der Waals surface area contributed by atoms with Crippen molar-refractivity contribution in [2.75, 3.05) is 13.1 Å². The third kappa shape index (κ3) is 2.80. The summed E-state index contributed by atoms with van der Waals surface area (Å²) in [4.78, 5) is 2.57. The molecule has 0 aliphatic carbocycles. The molecule has 0 aromatic carbocycles. The number of hydrogen-bond donors (Lipinski definition) is 1. The van der Waals surface area contributed by atoms with Crippen molar-refractivity contribution in [2.45, 2.75) is 38.9 Å². The van der Waals surface area contributed by atoms with E-state index < -0.39 is 0 Å². The number of rotatable bonds is 2. The fourth-order valence-electron chi connectivity index (χ4n) is 2.10. The first-order chi connectivity index (χ1) is 7.07. The van der Waals surface area contributed by atoms with Crippen LogP contribution >= 0.6 is 11.3 Å². The second kappa shape index (κ2) is 4.24. The van der Waals surface area contributed by atoms with E-state index in [1.165, 1.54) is 5.56 Å². The molecule has 1 aliphatic rings. The van der Waals surface area contributed by atoms with Gasteiger partial charge in [-0.25, -0.2) is 0 Å². The summed E-state index contributed by atoms with van der Waals surface area (Å²) >= 11 is 1.79. The number of hydrogen-bond acceptors (Lipinski definition) is 3. The highest BCUT2D eigenvalue weighted by molar-refractivity contribution is 7.07. The highest BCUT2D eigenvalue weighted by Gasteiger charge is 2.29. The van der Waals surface area contributed by atoms with Crippen molar-refractivity contribution in [3.8, 4) is 0 Å². The number of piperazine rings is 1. The highest BCUT2D eigenvalue weighted by atomic mass is 32.1. The Labute approximate surface area is 96.3 Å². The molecule has 1 fully saturated rings. The summed E-state index contributed by atoms with van der Waals surface area (Å²) < 4.78 is 0. The molecule has 15 heavy (non-hydrogen) atoms. The molecule has 84 valence electrons. The van der Waals surface area contributed by atoms with Crippen LogP contribution in [-0.4, -0.2) is 29.6 Å². The second-order valence-electron chi connectivity index (χ2n) is 5.15. The van der Waals surface area contributed by atoms with Crippen LogP contribution in [0.2, 0.25) is 0 Å². The van der Waals surface area contributed by atoms with Crippen molar-refractivity contribution in [3.63, 3.8) is 0 Å². The van der Waals surface area contributed by atoms with Gasteiger partial charge >= 0.3 is 0 Å². The quantitative estimate of drug-likeness (QED) is 0.829. The van der Waals surface area contributed by atoms with Crippen molar-refractivity contribution in [1.29, 1.82) is 0 Å². The maximum absolute atomic E-state index is 3.58. The van der Waals surface area contributed by atoms with E-state index >= 15 is 0 Å². The van der Waals surface area contributed by atoms with Gasteiger partial charge in [0, 0.05) is 31.2 Å². The number of nitrogens with zero attached hydrogens (tertiary/aromatic N) is 1. The normalized spacial score (nSPS) is 26.7. The Morgan fingerprint density at radius 3 is 3.07 bits per heavy atom. The summed E-state index contributed by atoms with van der Waals surface area (Å²) in [6.45, 7) is 10.2. The monoisotopic (exact) mass is 224 g/mol. The van der Waals surface area contributed by atoms with Gasteiger partial charge in [0.25, 0.3) is 0 Å². The largest absolute Gasteiger partial charge is 0.309 e. The van der Waals surface area contributed by atoms with Crippen LogP contribution in [0.3, 0.4) is 0 Å². The first-order valence-corrected chi connectivity index (χ1v) is 6.51. The second-order valence-corrected chi connectivity index (χ2v) is 5.93. The first kappa shape index (κ1) is 11.1. The van der Waals surface area contributed by atoms with Crippen LogP contribution in [0, 0.1) is 0 Å². The summed E-state index contributed by atoms with van der Waals surface area (Å²) in [6, 6.07) is 2.87. The zero-order chi connectivity index (χ0) is 10.9. The molecule has 2 nitrogen and oxygen atoms in total. The molecule has 0 radical (unpaired) electrons. The standard InChI is InChI=1S/C12H20N2S/c1-10-6-13-12(2,3)9-14(10)7-11-4-5-15-8-11/h4-5,8,10,13H,6-7,9H2,1-3H3. The Bertz CT molecular complexity index is 305. The van der Waals surface area contributed by atoms with E-state index in [1.54, 1.807) is 11.3 Å². The van der Waals surface area contributed by atoms with Crippen molar-refractivity contribution < 1.29 is 0 Å². The lowest BCUT2D eigenvalue weighted by atomic mass is 9.99. The maximum atomic E-state index is 3.58. The summed E-state index contributed by atoms with van der Waals surface area (Å²) in [6.07, 6.45) is 0. The van der Waals surface area contributed by atoms with E-state index in [9.17, 15) is 0 Å². The molecule has 1 atom stereocenters. The zero-order valence-electron chi connectivity index (χ0n) is 9.79. The molecule has 1 aromatic heterocycles. The number of thiophene rings is 1. The Balaban J connectivity index is 2.01. The van der Waals surface area contributed by atoms with Gasteiger partial charge in [-0.15, -0.1) is 0 Å². The van der Waals surface area contributed by atoms with E-state index in [2.05, 4.69) is 47.8 Å². The third-order valence-corrected chi connectivity index (χ3v) is 3.80. The van der Waals surface area contributed by atoms with E-state index in [0.29, 0.717) is 6.04 Å². The average Bonchev–Trinajstić information content (AvgIpc) is 2.64. The SMILES string of the molecule is CC1CNC(C)(C)CN1Cc1ccsc1. The predicted molar refractivity (Wildman–Crippen MR) is 66.3 cm³/mol. The summed E-state index contributed by atoms with van der Waals surface area (Å²) in [5.74, 6) is 0. The molecular formula is C12H20N2S. The van der Waals surface area contributed by atoms with Crippen LogP contribution in [0.4, 0.5) is 0 Å². The maximum Gasteiger partial charge on any atom is 0.0253 e. The lowest BCUT2D eigenvalue weighted by molar-refractivity contribution is 0.0979. The number of nitrogens with one attached hydrogen (secondary N) is 1. The Hall–Kier alpha value is -0.380. The molecule has 2 rings (SSSR count). The molecule has 1 saturated heterocycles. The van der Waals surface area contributed by atoms with Gasteiger partial charge in [-0.3, -0.25) is 4.90 Å². The van der Waals surface area contributed by atoms with Gasteiger partial charge in [-0.05, 0) is 43.2 Å². The van der Waals surface area contributed by atoms with Crippen molar-refractivity contribution in [3.05, 3.63) is 22.4 Å². The molecule has 0 amide bonds.